The molecule has 1 saturated heterocycles. The fourth-order valence-corrected chi connectivity index (χ4v) is 2.45. The van der Waals surface area contributed by atoms with Gasteiger partial charge in [-0.1, -0.05) is 19.2 Å². The van der Waals surface area contributed by atoms with Gasteiger partial charge in [0.05, 0.1) is 13.2 Å². The van der Waals surface area contributed by atoms with Gasteiger partial charge in [-0.3, -0.25) is 0 Å². The van der Waals surface area contributed by atoms with Gasteiger partial charge in [-0.15, -0.1) is 0 Å². The van der Waals surface area contributed by atoms with E-state index in [-0.39, 0.29) is 0 Å². The summed E-state index contributed by atoms with van der Waals surface area (Å²) in [6.07, 6.45) is 9.16. The van der Waals surface area contributed by atoms with Crippen molar-refractivity contribution in [2.75, 3.05) is 39.4 Å². The number of rotatable bonds is 4. The Morgan fingerprint density at radius 1 is 1.22 bits per heavy atom. The lowest BCUT2D eigenvalue weighted by atomic mass is 10.1. The third-order valence-corrected chi connectivity index (χ3v) is 3.47. The summed E-state index contributed by atoms with van der Waals surface area (Å²) in [5, 5.41) is 0. The molecule has 3 nitrogen and oxygen atoms in total. The summed E-state index contributed by atoms with van der Waals surface area (Å²) in [5.74, 6) is 0. The van der Waals surface area contributed by atoms with E-state index in [2.05, 4.69) is 29.0 Å². The SMILES string of the molecule is C=C/C=C(\C=C)N1CC=C(N2CCOCC2)CC1. The van der Waals surface area contributed by atoms with Crippen molar-refractivity contribution in [2.24, 2.45) is 0 Å². The summed E-state index contributed by atoms with van der Waals surface area (Å²) in [7, 11) is 0. The van der Waals surface area contributed by atoms with Crippen molar-refractivity contribution >= 4 is 0 Å². The molecule has 0 amide bonds. The van der Waals surface area contributed by atoms with Crippen molar-refractivity contribution in [2.45, 2.75) is 6.42 Å². The molecule has 3 heteroatoms. The Hall–Kier alpha value is -1.48. The fourth-order valence-electron chi connectivity index (χ4n) is 2.45. The molecule has 0 atom stereocenters. The first-order chi connectivity index (χ1) is 8.85. The minimum absolute atomic E-state index is 0.856. The van der Waals surface area contributed by atoms with Gasteiger partial charge in [-0.2, -0.15) is 0 Å². The number of nitrogens with zero attached hydrogens (tertiary/aromatic N) is 2. The number of allylic oxidation sites excluding steroid dienone is 3. The molecule has 0 aromatic carbocycles. The van der Waals surface area contributed by atoms with Gasteiger partial charge in [0.25, 0.3) is 0 Å². The van der Waals surface area contributed by atoms with Crippen molar-refractivity contribution in [3.8, 4) is 0 Å². The van der Waals surface area contributed by atoms with Gasteiger partial charge >= 0.3 is 0 Å². The van der Waals surface area contributed by atoms with Crippen LogP contribution in [0.25, 0.3) is 0 Å². The van der Waals surface area contributed by atoms with Crippen LogP contribution in [0.15, 0.2) is 48.9 Å². The molecule has 0 unspecified atom stereocenters. The van der Waals surface area contributed by atoms with Crippen LogP contribution in [0.2, 0.25) is 0 Å². The van der Waals surface area contributed by atoms with E-state index >= 15 is 0 Å². The van der Waals surface area contributed by atoms with Crippen LogP contribution in [-0.4, -0.2) is 49.2 Å². The molecule has 1 fully saturated rings. The highest BCUT2D eigenvalue weighted by molar-refractivity contribution is 5.23. The first kappa shape index (κ1) is 13.0. The molecule has 2 aliphatic rings. The summed E-state index contributed by atoms with van der Waals surface area (Å²) in [5.41, 5.74) is 2.62. The van der Waals surface area contributed by atoms with Gasteiger partial charge in [0, 0.05) is 44.0 Å². The van der Waals surface area contributed by atoms with Gasteiger partial charge in [-0.05, 0) is 18.2 Å². The Kier molecular flexibility index (Phi) is 4.65. The molecular weight excluding hydrogens is 224 g/mol. The van der Waals surface area contributed by atoms with Crippen molar-refractivity contribution < 1.29 is 4.74 Å². The predicted octanol–water partition coefficient (Wildman–Crippen LogP) is 2.16. The van der Waals surface area contributed by atoms with Crippen molar-refractivity contribution in [1.82, 2.24) is 9.80 Å². The van der Waals surface area contributed by atoms with E-state index in [1.165, 1.54) is 5.70 Å². The zero-order valence-corrected chi connectivity index (χ0v) is 11.0. The Morgan fingerprint density at radius 2 is 2.00 bits per heavy atom. The van der Waals surface area contributed by atoms with Gasteiger partial charge in [-0.25, -0.2) is 0 Å². The van der Waals surface area contributed by atoms with Crippen LogP contribution in [0.3, 0.4) is 0 Å². The topological polar surface area (TPSA) is 15.7 Å². The summed E-state index contributed by atoms with van der Waals surface area (Å²) >= 11 is 0. The predicted molar refractivity (Wildman–Crippen MR) is 75.1 cm³/mol. The van der Waals surface area contributed by atoms with E-state index in [1.54, 1.807) is 0 Å². The summed E-state index contributed by atoms with van der Waals surface area (Å²) in [4.78, 5) is 4.78. The molecule has 2 rings (SSSR count). The molecular formula is C15H22N2O. The molecule has 0 bridgehead atoms. The van der Waals surface area contributed by atoms with Crippen LogP contribution in [0.4, 0.5) is 0 Å². The number of hydrogen-bond donors (Lipinski definition) is 0. The average molecular weight is 246 g/mol. The molecule has 18 heavy (non-hydrogen) atoms. The Bertz CT molecular complexity index is 365. The van der Waals surface area contributed by atoms with Crippen LogP contribution in [0.5, 0.6) is 0 Å². The Morgan fingerprint density at radius 3 is 2.56 bits per heavy atom. The lowest BCUT2D eigenvalue weighted by Crippen LogP contribution is -2.39. The normalized spacial score (nSPS) is 21.6. The highest BCUT2D eigenvalue weighted by Crippen LogP contribution is 2.19. The lowest BCUT2D eigenvalue weighted by Gasteiger charge is -2.36. The van der Waals surface area contributed by atoms with Crippen LogP contribution in [0, 0.1) is 0 Å². The Balaban J connectivity index is 1.96. The quantitative estimate of drug-likeness (QED) is 0.707. The molecule has 98 valence electrons. The number of ether oxygens (including phenoxy) is 1. The van der Waals surface area contributed by atoms with Gasteiger partial charge in [0.2, 0.25) is 0 Å². The van der Waals surface area contributed by atoms with Crippen molar-refractivity contribution in [3.05, 3.63) is 48.9 Å². The number of morpholine rings is 1. The maximum Gasteiger partial charge on any atom is 0.0642 e. The summed E-state index contributed by atoms with van der Waals surface area (Å²) in [6.45, 7) is 13.4. The van der Waals surface area contributed by atoms with Gasteiger partial charge in [0.15, 0.2) is 0 Å². The van der Waals surface area contributed by atoms with E-state index < -0.39 is 0 Å². The molecule has 0 saturated carbocycles. The van der Waals surface area contributed by atoms with E-state index in [0.717, 1.165) is 51.5 Å². The molecule has 0 aromatic heterocycles. The maximum atomic E-state index is 5.39. The highest BCUT2D eigenvalue weighted by Gasteiger charge is 2.18. The lowest BCUT2D eigenvalue weighted by molar-refractivity contribution is 0.0504. The monoisotopic (exact) mass is 246 g/mol. The summed E-state index contributed by atoms with van der Waals surface area (Å²) < 4.78 is 5.39. The van der Waals surface area contributed by atoms with Crippen molar-refractivity contribution in [3.63, 3.8) is 0 Å². The average Bonchev–Trinajstić information content (AvgIpc) is 2.46. The molecule has 0 N–H and O–H groups in total. The number of hydrogen-bond acceptors (Lipinski definition) is 3. The molecule has 0 spiro atoms. The second kappa shape index (κ2) is 6.45. The van der Waals surface area contributed by atoms with Crippen molar-refractivity contribution in [1.29, 1.82) is 0 Å². The highest BCUT2D eigenvalue weighted by atomic mass is 16.5. The summed E-state index contributed by atoms with van der Waals surface area (Å²) in [6, 6.07) is 0. The molecule has 0 aromatic rings. The van der Waals surface area contributed by atoms with Crippen LogP contribution >= 0.6 is 0 Å². The zero-order chi connectivity index (χ0) is 12.8. The maximum absolute atomic E-state index is 5.39. The standard InChI is InChI=1S/C15H22N2O/c1-3-5-14(4-2)16-8-6-15(7-9-16)17-10-12-18-13-11-17/h3-6H,1-2,7-13H2/b14-5+. The van der Waals surface area contributed by atoms with E-state index in [0.29, 0.717) is 0 Å². The van der Waals surface area contributed by atoms with E-state index in [1.807, 2.05) is 18.2 Å². The second-order valence-electron chi connectivity index (χ2n) is 4.52. The second-order valence-corrected chi connectivity index (χ2v) is 4.52. The van der Waals surface area contributed by atoms with E-state index in [4.69, 9.17) is 4.74 Å². The van der Waals surface area contributed by atoms with Crippen LogP contribution in [0.1, 0.15) is 6.42 Å². The first-order valence-electron chi connectivity index (χ1n) is 6.57. The minimum atomic E-state index is 0.856. The zero-order valence-electron chi connectivity index (χ0n) is 11.0. The smallest absolute Gasteiger partial charge is 0.0642 e. The Labute approximate surface area is 110 Å². The minimum Gasteiger partial charge on any atom is -0.378 e. The van der Waals surface area contributed by atoms with Gasteiger partial charge in [0.1, 0.15) is 0 Å². The molecule has 2 aliphatic heterocycles. The van der Waals surface area contributed by atoms with Crippen LogP contribution in [-0.2, 0) is 4.74 Å². The molecule has 0 radical (unpaired) electrons. The van der Waals surface area contributed by atoms with E-state index in [9.17, 15) is 0 Å². The van der Waals surface area contributed by atoms with Crippen LogP contribution < -0.4 is 0 Å². The molecule has 2 heterocycles. The third-order valence-electron chi connectivity index (χ3n) is 3.47. The van der Waals surface area contributed by atoms with Gasteiger partial charge < -0.3 is 14.5 Å². The fraction of sp³-hybridized carbons (Fsp3) is 0.467. The largest absolute Gasteiger partial charge is 0.378 e. The first-order valence-corrected chi connectivity index (χ1v) is 6.57. The third kappa shape index (κ3) is 3.05. The molecule has 0 aliphatic carbocycles.